The van der Waals surface area contributed by atoms with Crippen molar-refractivity contribution < 1.29 is 9.90 Å². The largest absolute Gasteiger partial charge is 0.392 e. The van der Waals surface area contributed by atoms with Crippen molar-refractivity contribution in [1.29, 1.82) is 0 Å². The Kier molecular flexibility index (Phi) is 5.31. The average molecular weight is 250 g/mol. The second-order valence-electron chi connectivity index (χ2n) is 5.35. The number of carbonyl (C=O) groups is 1. The predicted octanol–water partition coefficient (Wildman–Crippen LogP) is 1.18. The highest BCUT2D eigenvalue weighted by Gasteiger charge is 2.10. The molecule has 0 heterocycles. The Morgan fingerprint density at radius 1 is 1.17 bits per heavy atom. The van der Waals surface area contributed by atoms with E-state index in [9.17, 15) is 4.79 Å². The van der Waals surface area contributed by atoms with Gasteiger partial charge in [0.1, 0.15) is 0 Å². The maximum atomic E-state index is 11.6. The lowest BCUT2D eigenvalue weighted by atomic mass is 10.1. The van der Waals surface area contributed by atoms with Gasteiger partial charge in [0.15, 0.2) is 0 Å². The first-order valence-corrected chi connectivity index (χ1v) is 6.11. The molecule has 1 amide bonds. The summed E-state index contributed by atoms with van der Waals surface area (Å²) in [7, 11) is 0. The molecular formula is C14H22N2O2. The second-order valence-corrected chi connectivity index (χ2v) is 5.35. The van der Waals surface area contributed by atoms with Crippen molar-refractivity contribution in [2.24, 2.45) is 0 Å². The van der Waals surface area contributed by atoms with Crippen molar-refractivity contribution in [3.63, 3.8) is 0 Å². The maximum Gasteiger partial charge on any atom is 0.234 e. The summed E-state index contributed by atoms with van der Waals surface area (Å²) in [5.74, 6) is -0.0174. The SMILES string of the molecule is CC(C)(C)NCC(=O)NCc1ccc(CO)cc1. The van der Waals surface area contributed by atoms with Gasteiger partial charge in [-0.05, 0) is 31.9 Å². The molecule has 4 nitrogen and oxygen atoms in total. The van der Waals surface area contributed by atoms with E-state index in [0.717, 1.165) is 11.1 Å². The van der Waals surface area contributed by atoms with E-state index in [-0.39, 0.29) is 18.1 Å². The number of hydrogen-bond donors (Lipinski definition) is 3. The molecule has 0 unspecified atom stereocenters. The van der Waals surface area contributed by atoms with Gasteiger partial charge in [-0.2, -0.15) is 0 Å². The number of carbonyl (C=O) groups excluding carboxylic acids is 1. The lowest BCUT2D eigenvalue weighted by Gasteiger charge is -2.20. The first kappa shape index (κ1) is 14.7. The zero-order chi connectivity index (χ0) is 13.6. The first-order valence-electron chi connectivity index (χ1n) is 6.11. The molecule has 0 aliphatic heterocycles. The zero-order valence-corrected chi connectivity index (χ0v) is 11.3. The summed E-state index contributed by atoms with van der Waals surface area (Å²) < 4.78 is 0. The van der Waals surface area contributed by atoms with Crippen molar-refractivity contribution in [1.82, 2.24) is 10.6 Å². The third-order valence-corrected chi connectivity index (χ3v) is 2.47. The minimum atomic E-state index is -0.0554. The molecule has 0 bridgehead atoms. The third kappa shape index (κ3) is 5.80. The normalized spacial score (nSPS) is 11.3. The quantitative estimate of drug-likeness (QED) is 0.735. The molecule has 1 aromatic carbocycles. The minimum Gasteiger partial charge on any atom is -0.392 e. The third-order valence-electron chi connectivity index (χ3n) is 2.47. The Balaban J connectivity index is 2.33. The van der Waals surface area contributed by atoms with Gasteiger partial charge in [0, 0.05) is 12.1 Å². The summed E-state index contributed by atoms with van der Waals surface area (Å²) in [6.45, 7) is 6.94. The van der Waals surface area contributed by atoms with Crippen LogP contribution in [-0.2, 0) is 17.9 Å². The van der Waals surface area contributed by atoms with Crippen molar-refractivity contribution >= 4 is 5.91 Å². The lowest BCUT2D eigenvalue weighted by Crippen LogP contribution is -2.43. The van der Waals surface area contributed by atoms with Crippen molar-refractivity contribution in [2.75, 3.05) is 6.54 Å². The van der Waals surface area contributed by atoms with Gasteiger partial charge in [-0.3, -0.25) is 4.79 Å². The molecule has 0 aromatic heterocycles. The average Bonchev–Trinajstić information content (AvgIpc) is 2.33. The fourth-order valence-electron chi connectivity index (χ4n) is 1.37. The van der Waals surface area contributed by atoms with E-state index in [4.69, 9.17) is 5.11 Å². The van der Waals surface area contributed by atoms with Crippen LogP contribution in [0.4, 0.5) is 0 Å². The van der Waals surface area contributed by atoms with E-state index in [2.05, 4.69) is 10.6 Å². The molecule has 0 radical (unpaired) electrons. The van der Waals surface area contributed by atoms with Crippen molar-refractivity contribution in [2.45, 2.75) is 39.5 Å². The van der Waals surface area contributed by atoms with Gasteiger partial charge < -0.3 is 15.7 Å². The fraction of sp³-hybridized carbons (Fsp3) is 0.500. The molecule has 1 aromatic rings. The molecule has 0 spiro atoms. The number of rotatable bonds is 5. The van der Waals surface area contributed by atoms with Gasteiger partial charge >= 0.3 is 0 Å². The number of aliphatic hydroxyl groups is 1. The first-order chi connectivity index (χ1) is 8.40. The molecule has 0 aliphatic rings. The van der Waals surface area contributed by atoms with E-state index in [0.29, 0.717) is 13.1 Å². The van der Waals surface area contributed by atoms with E-state index in [1.165, 1.54) is 0 Å². The summed E-state index contributed by atoms with van der Waals surface area (Å²) in [5.41, 5.74) is 1.84. The van der Waals surface area contributed by atoms with Crippen LogP contribution in [0.1, 0.15) is 31.9 Å². The topological polar surface area (TPSA) is 61.4 Å². The van der Waals surface area contributed by atoms with Crippen LogP contribution in [0.5, 0.6) is 0 Å². The Bertz CT molecular complexity index is 380. The lowest BCUT2D eigenvalue weighted by molar-refractivity contribution is -0.120. The van der Waals surface area contributed by atoms with Crippen LogP contribution >= 0.6 is 0 Å². The second kappa shape index (κ2) is 6.52. The van der Waals surface area contributed by atoms with Gasteiger partial charge in [0.05, 0.1) is 13.2 Å². The molecule has 0 saturated heterocycles. The smallest absolute Gasteiger partial charge is 0.234 e. The predicted molar refractivity (Wildman–Crippen MR) is 72.0 cm³/mol. The van der Waals surface area contributed by atoms with Crippen LogP contribution in [0.2, 0.25) is 0 Å². The molecule has 4 heteroatoms. The number of amides is 1. The molecule has 1 rings (SSSR count). The molecule has 0 fully saturated rings. The Hall–Kier alpha value is -1.39. The van der Waals surface area contributed by atoms with Gasteiger partial charge in [0.2, 0.25) is 5.91 Å². The molecular weight excluding hydrogens is 228 g/mol. The molecule has 0 atom stereocenters. The zero-order valence-electron chi connectivity index (χ0n) is 11.3. The highest BCUT2D eigenvalue weighted by molar-refractivity contribution is 5.78. The van der Waals surface area contributed by atoms with Crippen LogP contribution in [0.15, 0.2) is 24.3 Å². The molecule has 100 valence electrons. The molecule has 3 N–H and O–H groups in total. The molecule has 0 aliphatic carbocycles. The fourth-order valence-corrected chi connectivity index (χ4v) is 1.37. The maximum absolute atomic E-state index is 11.6. The van der Waals surface area contributed by atoms with E-state index in [1.54, 1.807) is 0 Å². The summed E-state index contributed by atoms with van der Waals surface area (Å²) in [5, 5.41) is 14.9. The number of benzene rings is 1. The highest BCUT2D eigenvalue weighted by atomic mass is 16.3. The number of hydrogen-bond acceptors (Lipinski definition) is 3. The van der Waals surface area contributed by atoms with E-state index in [1.807, 2.05) is 45.0 Å². The summed E-state index contributed by atoms with van der Waals surface area (Å²) in [6, 6.07) is 7.52. The van der Waals surface area contributed by atoms with Crippen LogP contribution in [-0.4, -0.2) is 23.1 Å². The van der Waals surface area contributed by atoms with Crippen LogP contribution in [0.25, 0.3) is 0 Å². The molecule has 18 heavy (non-hydrogen) atoms. The number of nitrogens with one attached hydrogen (secondary N) is 2. The van der Waals surface area contributed by atoms with Gasteiger partial charge in [-0.1, -0.05) is 24.3 Å². The summed E-state index contributed by atoms with van der Waals surface area (Å²) in [4.78, 5) is 11.6. The van der Waals surface area contributed by atoms with Crippen molar-refractivity contribution in [3.05, 3.63) is 35.4 Å². The van der Waals surface area contributed by atoms with Crippen LogP contribution < -0.4 is 10.6 Å². The van der Waals surface area contributed by atoms with Gasteiger partial charge in [0.25, 0.3) is 0 Å². The van der Waals surface area contributed by atoms with Crippen molar-refractivity contribution in [3.8, 4) is 0 Å². The Morgan fingerprint density at radius 2 is 1.72 bits per heavy atom. The Labute approximate surface area is 108 Å². The van der Waals surface area contributed by atoms with Crippen LogP contribution in [0, 0.1) is 0 Å². The van der Waals surface area contributed by atoms with E-state index < -0.39 is 0 Å². The van der Waals surface area contributed by atoms with Gasteiger partial charge in [-0.25, -0.2) is 0 Å². The highest BCUT2D eigenvalue weighted by Crippen LogP contribution is 2.04. The summed E-state index contributed by atoms with van der Waals surface area (Å²) >= 11 is 0. The van der Waals surface area contributed by atoms with Crippen LogP contribution in [0.3, 0.4) is 0 Å². The number of aliphatic hydroxyl groups excluding tert-OH is 1. The Morgan fingerprint density at radius 3 is 2.22 bits per heavy atom. The summed E-state index contributed by atoms with van der Waals surface area (Å²) in [6.07, 6.45) is 0. The standard InChI is InChI=1S/C14H22N2O2/c1-14(2,3)16-9-13(18)15-8-11-4-6-12(10-17)7-5-11/h4-7,16-17H,8-10H2,1-3H3,(H,15,18). The minimum absolute atomic E-state index is 0.0174. The monoisotopic (exact) mass is 250 g/mol. The van der Waals surface area contributed by atoms with Gasteiger partial charge in [-0.15, -0.1) is 0 Å². The molecule has 0 saturated carbocycles. The van der Waals surface area contributed by atoms with E-state index >= 15 is 0 Å².